The zero-order valence-electron chi connectivity index (χ0n) is 9.66. The van der Waals surface area contributed by atoms with E-state index in [4.69, 9.17) is 5.11 Å². The summed E-state index contributed by atoms with van der Waals surface area (Å²) in [6.45, 7) is 5.49. The number of nitrogens with one attached hydrogen (secondary N) is 1. The summed E-state index contributed by atoms with van der Waals surface area (Å²) in [5, 5.41) is 12.1. The third kappa shape index (κ3) is 4.45. The highest BCUT2D eigenvalue weighted by molar-refractivity contribution is 5.26. The summed E-state index contributed by atoms with van der Waals surface area (Å²) in [4.78, 5) is 0. The zero-order valence-corrected chi connectivity index (χ0v) is 9.66. The first kappa shape index (κ1) is 12.2. The molecule has 2 nitrogen and oxygen atoms in total. The van der Waals surface area contributed by atoms with Gasteiger partial charge in [-0.15, -0.1) is 0 Å². The first-order chi connectivity index (χ1) is 7.24. The van der Waals surface area contributed by atoms with E-state index < -0.39 is 0 Å². The fourth-order valence-electron chi connectivity index (χ4n) is 1.67. The third-order valence-electron chi connectivity index (χ3n) is 2.62. The molecule has 2 heteroatoms. The first-order valence-electron chi connectivity index (χ1n) is 5.62. The zero-order chi connectivity index (χ0) is 11.1. The smallest absolute Gasteiger partial charge is 0.0443 e. The van der Waals surface area contributed by atoms with Gasteiger partial charge in [-0.25, -0.2) is 0 Å². The van der Waals surface area contributed by atoms with Crippen LogP contribution in [0.1, 0.15) is 24.5 Å². The van der Waals surface area contributed by atoms with Gasteiger partial charge in [0.15, 0.2) is 0 Å². The highest BCUT2D eigenvalue weighted by Crippen LogP contribution is 2.09. The molecule has 0 amide bonds. The second kappa shape index (κ2) is 6.59. The molecule has 1 atom stereocenters. The van der Waals surface area contributed by atoms with E-state index in [0.717, 1.165) is 19.4 Å². The van der Waals surface area contributed by atoms with Gasteiger partial charge in [0.05, 0.1) is 0 Å². The molecule has 0 bridgehead atoms. The fraction of sp³-hybridized carbons (Fsp3) is 0.538. The van der Waals surface area contributed by atoms with Crippen molar-refractivity contribution in [2.24, 2.45) is 0 Å². The van der Waals surface area contributed by atoms with Gasteiger partial charge in [-0.1, -0.05) is 24.3 Å². The Kier molecular flexibility index (Phi) is 5.37. The van der Waals surface area contributed by atoms with Crippen LogP contribution in [0, 0.1) is 6.92 Å². The van der Waals surface area contributed by atoms with Gasteiger partial charge >= 0.3 is 0 Å². The van der Waals surface area contributed by atoms with Gasteiger partial charge in [0.1, 0.15) is 0 Å². The summed E-state index contributed by atoms with van der Waals surface area (Å²) < 4.78 is 0. The van der Waals surface area contributed by atoms with Crippen molar-refractivity contribution in [1.82, 2.24) is 5.32 Å². The van der Waals surface area contributed by atoms with Gasteiger partial charge in [-0.05, 0) is 44.4 Å². The molecular weight excluding hydrogens is 186 g/mol. The second-order valence-corrected chi connectivity index (χ2v) is 4.06. The Balaban J connectivity index is 2.37. The number of rotatable bonds is 6. The van der Waals surface area contributed by atoms with Crippen molar-refractivity contribution >= 4 is 0 Å². The topological polar surface area (TPSA) is 32.3 Å². The van der Waals surface area contributed by atoms with E-state index in [1.165, 1.54) is 11.1 Å². The van der Waals surface area contributed by atoms with Gasteiger partial charge in [-0.2, -0.15) is 0 Å². The lowest BCUT2D eigenvalue weighted by atomic mass is 10.0. The van der Waals surface area contributed by atoms with Crippen LogP contribution in [0.2, 0.25) is 0 Å². The van der Waals surface area contributed by atoms with Gasteiger partial charge in [0.2, 0.25) is 0 Å². The molecule has 0 saturated heterocycles. The molecule has 1 unspecified atom stereocenters. The van der Waals surface area contributed by atoms with Crippen molar-refractivity contribution in [3.8, 4) is 0 Å². The first-order valence-corrected chi connectivity index (χ1v) is 5.62. The molecule has 0 aromatic heterocycles. The van der Waals surface area contributed by atoms with Gasteiger partial charge in [0, 0.05) is 12.6 Å². The minimum atomic E-state index is 0.268. The van der Waals surface area contributed by atoms with Gasteiger partial charge in [-0.3, -0.25) is 0 Å². The molecule has 0 heterocycles. The molecule has 0 aliphatic rings. The van der Waals surface area contributed by atoms with E-state index in [1.807, 2.05) is 0 Å². The van der Waals surface area contributed by atoms with E-state index in [9.17, 15) is 0 Å². The summed E-state index contributed by atoms with van der Waals surface area (Å²) in [6, 6.07) is 8.96. The number of aliphatic hydroxyl groups is 1. The predicted octanol–water partition coefficient (Wildman–Crippen LogP) is 1.90. The molecule has 15 heavy (non-hydrogen) atoms. The molecule has 0 spiro atoms. The molecule has 0 aliphatic heterocycles. The SMILES string of the molecule is Cc1ccccc1CC(C)NCCCO. The van der Waals surface area contributed by atoms with Crippen LogP contribution in [0.5, 0.6) is 0 Å². The van der Waals surface area contributed by atoms with Crippen molar-refractivity contribution in [2.45, 2.75) is 32.7 Å². The van der Waals surface area contributed by atoms with Crippen molar-refractivity contribution in [3.63, 3.8) is 0 Å². The summed E-state index contributed by atoms with van der Waals surface area (Å²) in [5.74, 6) is 0. The van der Waals surface area contributed by atoms with E-state index >= 15 is 0 Å². The van der Waals surface area contributed by atoms with Crippen LogP contribution in [0.4, 0.5) is 0 Å². The van der Waals surface area contributed by atoms with Crippen molar-refractivity contribution in [1.29, 1.82) is 0 Å². The Bertz CT molecular complexity index is 286. The van der Waals surface area contributed by atoms with Crippen LogP contribution in [-0.2, 0) is 6.42 Å². The number of aryl methyl sites for hydroxylation is 1. The van der Waals surface area contributed by atoms with Crippen LogP contribution in [0.15, 0.2) is 24.3 Å². The maximum absolute atomic E-state index is 8.67. The average Bonchev–Trinajstić information content (AvgIpc) is 2.22. The van der Waals surface area contributed by atoms with E-state index in [-0.39, 0.29) is 6.61 Å². The van der Waals surface area contributed by atoms with E-state index in [1.54, 1.807) is 0 Å². The van der Waals surface area contributed by atoms with Crippen LogP contribution in [-0.4, -0.2) is 24.3 Å². The van der Waals surface area contributed by atoms with E-state index in [0.29, 0.717) is 6.04 Å². The highest BCUT2D eigenvalue weighted by atomic mass is 16.3. The Hall–Kier alpha value is -0.860. The van der Waals surface area contributed by atoms with Crippen molar-refractivity contribution in [3.05, 3.63) is 35.4 Å². The number of hydrogen-bond acceptors (Lipinski definition) is 2. The summed E-state index contributed by atoms with van der Waals surface area (Å²) in [7, 11) is 0. The summed E-state index contributed by atoms with van der Waals surface area (Å²) >= 11 is 0. The van der Waals surface area contributed by atoms with Crippen LogP contribution < -0.4 is 5.32 Å². The largest absolute Gasteiger partial charge is 0.396 e. The molecular formula is C13H21NO. The Morgan fingerprint density at radius 1 is 1.33 bits per heavy atom. The molecule has 0 fully saturated rings. The maximum atomic E-state index is 8.67. The Morgan fingerprint density at radius 3 is 2.73 bits per heavy atom. The predicted molar refractivity (Wildman–Crippen MR) is 64.1 cm³/mol. The van der Waals surface area contributed by atoms with Crippen molar-refractivity contribution in [2.75, 3.05) is 13.2 Å². The molecule has 0 radical (unpaired) electrons. The fourth-order valence-corrected chi connectivity index (χ4v) is 1.67. The molecule has 1 aromatic carbocycles. The normalized spacial score (nSPS) is 12.7. The van der Waals surface area contributed by atoms with Crippen LogP contribution >= 0.6 is 0 Å². The minimum absolute atomic E-state index is 0.268. The summed E-state index contributed by atoms with van der Waals surface area (Å²) in [6.07, 6.45) is 1.89. The Morgan fingerprint density at radius 2 is 2.07 bits per heavy atom. The molecule has 2 N–H and O–H groups in total. The van der Waals surface area contributed by atoms with Crippen LogP contribution in [0.3, 0.4) is 0 Å². The quantitative estimate of drug-likeness (QED) is 0.698. The van der Waals surface area contributed by atoms with Crippen LogP contribution in [0.25, 0.3) is 0 Å². The number of benzene rings is 1. The van der Waals surface area contributed by atoms with Crippen molar-refractivity contribution < 1.29 is 5.11 Å². The Labute approximate surface area is 92.3 Å². The lowest BCUT2D eigenvalue weighted by Crippen LogP contribution is -2.29. The number of aliphatic hydroxyl groups excluding tert-OH is 1. The van der Waals surface area contributed by atoms with E-state index in [2.05, 4.69) is 43.4 Å². The standard InChI is InChI=1S/C13H21NO/c1-11-6-3-4-7-13(11)10-12(2)14-8-5-9-15/h3-4,6-7,12,14-15H,5,8-10H2,1-2H3. The maximum Gasteiger partial charge on any atom is 0.0443 e. The highest BCUT2D eigenvalue weighted by Gasteiger charge is 2.03. The minimum Gasteiger partial charge on any atom is -0.396 e. The van der Waals surface area contributed by atoms with Gasteiger partial charge < -0.3 is 10.4 Å². The molecule has 1 rings (SSSR count). The lowest BCUT2D eigenvalue weighted by molar-refractivity contribution is 0.283. The molecule has 1 aromatic rings. The summed E-state index contributed by atoms with van der Waals surface area (Å²) in [5.41, 5.74) is 2.76. The third-order valence-corrected chi connectivity index (χ3v) is 2.62. The number of hydrogen-bond donors (Lipinski definition) is 2. The monoisotopic (exact) mass is 207 g/mol. The molecule has 0 aliphatic carbocycles. The lowest BCUT2D eigenvalue weighted by Gasteiger charge is -2.14. The van der Waals surface area contributed by atoms with Gasteiger partial charge in [0.25, 0.3) is 0 Å². The average molecular weight is 207 g/mol. The molecule has 0 saturated carbocycles. The second-order valence-electron chi connectivity index (χ2n) is 4.06. The molecule has 84 valence electrons.